The molecule has 1 atom stereocenters. The summed E-state index contributed by atoms with van der Waals surface area (Å²) < 4.78 is 6.64. The molecule has 1 aromatic carbocycles. The third kappa shape index (κ3) is 3.13. The Morgan fingerprint density at radius 3 is 2.95 bits per heavy atom. The van der Waals surface area contributed by atoms with Crippen LogP contribution >= 0.6 is 11.3 Å². The fourth-order valence-corrected chi connectivity index (χ4v) is 3.10. The first kappa shape index (κ1) is 13.8. The summed E-state index contributed by atoms with van der Waals surface area (Å²) in [6.07, 6.45) is 1.81. The monoisotopic (exact) mass is 299 g/mol. The van der Waals surface area contributed by atoms with Gasteiger partial charge in [0.2, 0.25) is 0 Å². The maximum absolute atomic E-state index is 5.52. The molecule has 0 aliphatic carbocycles. The minimum Gasteiger partial charge on any atom is -0.494 e. The van der Waals surface area contributed by atoms with Crippen LogP contribution in [0.5, 0.6) is 5.75 Å². The van der Waals surface area contributed by atoms with E-state index in [-0.39, 0.29) is 6.04 Å². The zero-order valence-electron chi connectivity index (χ0n) is 12.0. The van der Waals surface area contributed by atoms with Crippen LogP contribution in [0.3, 0.4) is 0 Å². The molecular weight excluding hydrogens is 282 g/mol. The van der Waals surface area contributed by atoms with Crippen LogP contribution in [0.15, 0.2) is 42.6 Å². The number of nitrogens with zero attached hydrogens (tertiary/aromatic N) is 2. The lowest BCUT2D eigenvalue weighted by atomic mass is 10.2. The van der Waals surface area contributed by atoms with Crippen LogP contribution in [0.25, 0.3) is 10.2 Å². The molecule has 0 fully saturated rings. The van der Waals surface area contributed by atoms with Gasteiger partial charge in [-0.2, -0.15) is 0 Å². The van der Waals surface area contributed by atoms with Crippen LogP contribution in [0.1, 0.15) is 25.6 Å². The van der Waals surface area contributed by atoms with Crippen molar-refractivity contribution in [3.63, 3.8) is 0 Å². The highest BCUT2D eigenvalue weighted by atomic mass is 32.1. The van der Waals surface area contributed by atoms with Crippen molar-refractivity contribution in [1.82, 2.24) is 9.97 Å². The first-order valence-electron chi connectivity index (χ1n) is 6.97. The molecule has 3 rings (SSSR count). The van der Waals surface area contributed by atoms with E-state index in [0.717, 1.165) is 26.8 Å². The van der Waals surface area contributed by atoms with E-state index in [0.29, 0.717) is 6.61 Å². The van der Waals surface area contributed by atoms with Gasteiger partial charge in [0.25, 0.3) is 0 Å². The van der Waals surface area contributed by atoms with Gasteiger partial charge in [-0.15, -0.1) is 0 Å². The minimum absolute atomic E-state index is 0.123. The van der Waals surface area contributed by atoms with Crippen molar-refractivity contribution < 1.29 is 4.74 Å². The number of aromatic nitrogens is 2. The Morgan fingerprint density at radius 2 is 2.19 bits per heavy atom. The van der Waals surface area contributed by atoms with Crippen LogP contribution in [-0.2, 0) is 0 Å². The third-order valence-corrected chi connectivity index (χ3v) is 4.09. The fraction of sp³-hybridized carbons (Fsp3) is 0.250. The molecule has 4 nitrogen and oxygen atoms in total. The van der Waals surface area contributed by atoms with Crippen LogP contribution < -0.4 is 10.1 Å². The van der Waals surface area contributed by atoms with E-state index < -0.39 is 0 Å². The first-order valence-corrected chi connectivity index (χ1v) is 7.79. The molecule has 0 radical (unpaired) electrons. The number of pyridine rings is 1. The van der Waals surface area contributed by atoms with Crippen LogP contribution in [0.2, 0.25) is 0 Å². The largest absolute Gasteiger partial charge is 0.494 e. The number of thiazole rings is 1. The van der Waals surface area contributed by atoms with Crippen molar-refractivity contribution in [1.29, 1.82) is 0 Å². The Bertz CT molecular complexity index is 727. The Hall–Kier alpha value is -2.14. The first-order chi connectivity index (χ1) is 10.3. The van der Waals surface area contributed by atoms with E-state index in [9.17, 15) is 0 Å². The van der Waals surface area contributed by atoms with E-state index in [2.05, 4.69) is 22.2 Å². The SMILES string of the molecule is CCOc1ccc2nc(NC(C)c3ccccn3)sc2c1. The van der Waals surface area contributed by atoms with Crippen molar-refractivity contribution >= 4 is 26.7 Å². The molecular formula is C16H17N3OS. The number of hydrogen-bond donors (Lipinski definition) is 1. The van der Waals surface area contributed by atoms with Gasteiger partial charge in [0.15, 0.2) is 5.13 Å². The van der Waals surface area contributed by atoms with Crippen molar-refractivity contribution in [2.24, 2.45) is 0 Å². The quantitative estimate of drug-likeness (QED) is 0.764. The number of rotatable bonds is 5. The Kier molecular flexibility index (Phi) is 4.01. The van der Waals surface area contributed by atoms with Gasteiger partial charge >= 0.3 is 0 Å². The maximum atomic E-state index is 5.52. The molecule has 5 heteroatoms. The summed E-state index contributed by atoms with van der Waals surface area (Å²) in [5.74, 6) is 0.887. The molecule has 0 bridgehead atoms. The lowest BCUT2D eigenvalue weighted by Crippen LogP contribution is -2.07. The Balaban J connectivity index is 1.81. The Labute approximate surface area is 127 Å². The molecule has 0 amide bonds. The van der Waals surface area contributed by atoms with Gasteiger partial charge in [-0.3, -0.25) is 4.98 Å². The van der Waals surface area contributed by atoms with Crippen LogP contribution in [-0.4, -0.2) is 16.6 Å². The fourth-order valence-electron chi connectivity index (χ4n) is 2.11. The highest BCUT2D eigenvalue weighted by molar-refractivity contribution is 7.22. The van der Waals surface area contributed by atoms with Gasteiger partial charge in [-0.05, 0) is 44.2 Å². The second-order valence-electron chi connectivity index (χ2n) is 4.70. The normalized spacial score (nSPS) is 12.3. The zero-order valence-corrected chi connectivity index (χ0v) is 12.9. The Morgan fingerprint density at radius 1 is 1.29 bits per heavy atom. The van der Waals surface area contributed by atoms with Crippen LogP contribution in [0, 0.1) is 0 Å². The van der Waals surface area contributed by atoms with Gasteiger partial charge in [-0.25, -0.2) is 4.98 Å². The average Bonchev–Trinajstić information content (AvgIpc) is 2.90. The number of anilines is 1. The van der Waals surface area contributed by atoms with E-state index in [4.69, 9.17) is 4.74 Å². The summed E-state index contributed by atoms with van der Waals surface area (Å²) in [5, 5.41) is 4.30. The summed E-state index contributed by atoms with van der Waals surface area (Å²) in [4.78, 5) is 8.97. The number of fused-ring (bicyclic) bond motifs is 1. The molecule has 2 aromatic heterocycles. The zero-order chi connectivity index (χ0) is 14.7. The summed E-state index contributed by atoms with van der Waals surface area (Å²) in [5.41, 5.74) is 1.99. The van der Waals surface area contributed by atoms with Crippen molar-refractivity contribution in [2.45, 2.75) is 19.9 Å². The number of benzene rings is 1. The summed E-state index contributed by atoms with van der Waals surface area (Å²) in [6, 6.07) is 12.0. The van der Waals surface area contributed by atoms with Crippen LogP contribution in [0.4, 0.5) is 5.13 Å². The third-order valence-electron chi connectivity index (χ3n) is 3.14. The van der Waals surface area contributed by atoms with Crippen molar-refractivity contribution in [2.75, 3.05) is 11.9 Å². The molecule has 0 aliphatic rings. The lowest BCUT2D eigenvalue weighted by Gasteiger charge is -2.11. The molecule has 3 aromatic rings. The predicted molar refractivity (Wildman–Crippen MR) is 87.1 cm³/mol. The second kappa shape index (κ2) is 6.10. The van der Waals surface area contributed by atoms with Gasteiger partial charge in [0.1, 0.15) is 5.75 Å². The maximum Gasteiger partial charge on any atom is 0.184 e. The standard InChI is InChI=1S/C16H17N3OS/c1-3-20-12-7-8-14-15(10-12)21-16(19-14)18-11(2)13-6-4-5-9-17-13/h4-11H,3H2,1-2H3,(H,18,19). The molecule has 0 saturated heterocycles. The molecule has 1 N–H and O–H groups in total. The summed E-state index contributed by atoms with van der Waals surface area (Å²) in [6.45, 7) is 4.74. The summed E-state index contributed by atoms with van der Waals surface area (Å²) in [7, 11) is 0. The van der Waals surface area contributed by atoms with Gasteiger partial charge < -0.3 is 10.1 Å². The number of hydrogen-bond acceptors (Lipinski definition) is 5. The molecule has 0 saturated carbocycles. The van der Waals surface area contributed by atoms with Crippen molar-refractivity contribution in [3.8, 4) is 5.75 Å². The molecule has 108 valence electrons. The molecule has 2 heterocycles. The second-order valence-corrected chi connectivity index (χ2v) is 5.73. The predicted octanol–water partition coefficient (Wildman–Crippen LogP) is 4.26. The number of ether oxygens (including phenoxy) is 1. The van der Waals surface area contributed by atoms with E-state index in [1.165, 1.54) is 0 Å². The highest BCUT2D eigenvalue weighted by Crippen LogP contribution is 2.31. The average molecular weight is 299 g/mol. The number of nitrogens with one attached hydrogen (secondary N) is 1. The topological polar surface area (TPSA) is 47.0 Å². The minimum atomic E-state index is 0.123. The molecule has 0 spiro atoms. The van der Waals surface area contributed by atoms with Gasteiger partial charge in [0.05, 0.1) is 28.6 Å². The molecule has 0 aliphatic heterocycles. The smallest absolute Gasteiger partial charge is 0.184 e. The molecule has 1 unspecified atom stereocenters. The van der Waals surface area contributed by atoms with Gasteiger partial charge in [0, 0.05) is 6.20 Å². The van der Waals surface area contributed by atoms with E-state index in [1.54, 1.807) is 17.5 Å². The van der Waals surface area contributed by atoms with Crippen molar-refractivity contribution in [3.05, 3.63) is 48.3 Å². The van der Waals surface area contributed by atoms with E-state index in [1.807, 2.05) is 43.3 Å². The summed E-state index contributed by atoms with van der Waals surface area (Å²) >= 11 is 1.63. The molecule has 21 heavy (non-hydrogen) atoms. The van der Waals surface area contributed by atoms with Gasteiger partial charge in [-0.1, -0.05) is 17.4 Å². The lowest BCUT2D eigenvalue weighted by molar-refractivity contribution is 0.341. The highest BCUT2D eigenvalue weighted by Gasteiger charge is 2.10. The van der Waals surface area contributed by atoms with E-state index >= 15 is 0 Å².